The molecule has 0 spiro atoms. The molecule has 7 nitrogen and oxygen atoms in total. The maximum absolute atomic E-state index is 13.0. The molecule has 1 aromatic carbocycles. The number of nitrogens with zero attached hydrogens (tertiary/aromatic N) is 1. The fourth-order valence-electron chi connectivity index (χ4n) is 3.42. The highest BCUT2D eigenvalue weighted by Crippen LogP contribution is 2.36. The lowest BCUT2D eigenvalue weighted by Crippen LogP contribution is -2.48. The molecule has 0 bridgehead atoms. The van der Waals surface area contributed by atoms with Crippen LogP contribution in [0.4, 0.5) is 20.3 Å². The molecule has 0 radical (unpaired) electrons. The zero-order valence-corrected chi connectivity index (χ0v) is 16.3. The molecular formula is C20H26F2N4O3. The Labute approximate surface area is 168 Å². The summed E-state index contributed by atoms with van der Waals surface area (Å²) in [6.07, 6.45) is -2.74. The highest BCUT2D eigenvalue weighted by molar-refractivity contribution is 5.62. The summed E-state index contributed by atoms with van der Waals surface area (Å²) in [7, 11) is 1.84. The molecule has 1 fully saturated rings. The zero-order valence-electron chi connectivity index (χ0n) is 16.3. The van der Waals surface area contributed by atoms with E-state index in [-0.39, 0.29) is 11.8 Å². The van der Waals surface area contributed by atoms with Crippen LogP contribution in [0.1, 0.15) is 30.2 Å². The summed E-state index contributed by atoms with van der Waals surface area (Å²) < 4.78 is 30.6. The lowest BCUT2D eigenvalue weighted by atomic mass is 9.85. The van der Waals surface area contributed by atoms with Crippen LogP contribution in [0.15, 0.2) is 36.5 Å². The fraction of sp³-hybridized carbons (Fsp3) is 0.450. The van der Waals surface area contributed by atoms with Gasteiger partial charge in [-0.3, -0.25) is 0 Å². The number of alkyl halides is 2. The van der Waals surface area contributed by atoms with Crippen molar-refractivity contribution in [2.45, 2.75) is 25.2 Å². The van der Waals surface area contributed by atoms with Crippen molar-refractivity contribution >= 4 is 11.5 Å². The van der Waals surface area contributed by atoms with Gasteiger partial charge in [0.15, 0.2) is 0 Å². The van der Waals surface area contributed by atoms with Crippen LogP contribution in [-0.2, 0) is 0 Å². The van der Waals surface area contributed by atoms with Gasteiger partial charge >= 0.3 is 6.11 Å². The van der Waals surface area contributed by atoms with Crippen molar-refractivity contribution in [3.63, 3.8) is 0 Å². The third-order valence-electron chi connectivity index (χ3n) is 4.88. The number of rotatable bonds is 9. The SMILES string of the molecule is CNC(c1c(C(O)CO)ccnc1Nc1ccc(OC(C)(F)F)cc1)C1CNC1. The highest BCUT2D eigenvalue weighted by atomic mass is 19.3. The molecule has 5 N–H and O–H groups in total. The van der Waals surface area contributed by atoms with Crippen LogP contribution in [0.3, 0.4) is 0 Å². The molecular weight excluding hydrogens is 382 g/mol. The summed E-state index contributed by atoms with van der Waals surface area (Å²) in [4.78, 5) is 4.43. The minimum atomic E-state index is -3.25. The molecule has 3 rings (SSSR count). The second-order valence-corrected chi connectivity index (χ2v) is 7.10. The van der Waals surface area contributed by atoms with Gasteiger partial charge in [0.05, 0.1) is 6.61 Å². The van der Waals surface area contributed by atoms with E-state index in [1.165, 1.54) is 12.1 Å². The first-order valence-corrected chi connectivity index (χ1v) is 9.42. The van der Waals surface area contributed by atoms with Gasteiger partial charge in [-0.1, -0.05) is 0 Å². The van der Waals surface area contributed by atoms with Crippen LogP contribution in [0.25, 0.3) is 0 Å². The number of nitrogens with one attached hydrogen (secondary N) is 3. The summed E-state index contributed by atoms with van der Waals surface area (Å²) >= 11 is 0. The van der Waals surface area contributed by atoms with Crippen molar-refractivity contribution in [2.75, 3.05) is 32.1 Å². The summed E-state index contributed by atoms with van der Waals surface area (Å²) in [5.41, 5.74) is 1.98. The van der Waals surface area contributed by atoms with Crippen molar-refractivity contribution in [2.24, 2.45) is 5.92 Å². The predicted molar refractivity (Wildman–Crippen MR) is 105 cm³/mol. The minimum Gasteiger partial charge on any atom is -0.433 e. The first-order valence-electron chi connectivity index (χ1n) is 9.42. The van der Waals surface area contributed by atoms with E-state index in [0.29, 0.717) is 29.9 Å². The smallest absolute Gasteiger partial charge is 0.394 e. The zero-order chi connectivity index (χ0) is 21.0. The Morgan fingerprint density at radius 3 is 2.48 bits per heavy atom. The van der Waals surface area contributed by atoms with Crippen molar-refractivity contribution in [3.8, 4) is 5.75 Å². The molecule has 2 aromatic rings. The first kappa shape index (κ1) is 21.4. The number of ether oxygens (including phenoxy) is 1. The molecule has 1 aromatic heterocycles. The van der Waals surface area contributed by atoms with E-state index in [9.17, 15) is 19.0 Å². The highest BCUT2D eigenvalue weighted by Gasteiger charge is 2.32. The number of aliphatic hydroxyl groups excluding tert-OH is 2. The summed E-state index contributed by atoms with van der Waals surface area (Å²) in [6, 6.07) is 7.71. The Kier molecular flexibility index (Phi) is 6.63. The Hall–Kier alpha value is -2.33. The number of anilines is 2. The normalized spacial score (nSPS) is 16.8. The molecule has 1 aliphatic heterocycles. The molecule has 1 saturated heterocycles. The number of hydrogen-bond donors (Lipinski definition) is 5. The predicted octanol–water partition coefficient (Wildman–Crippen LogP) is 2.32. The number of benzene rings is 1. The molecule has 2 heterocycles. The molecule has 1 aliphatic rings. The van der Waals surface area contributed by atoms with E-state index in [1.54, 1.807) is 24.4 Å². The van der Waals surface area contributed by atoms with Crippen molar-refractivity contribution < 1.29 is 23.7 Å². The number of aliphatic hydroxyl groups is 2. The third-order valence-corrected chi connectivity index (χ3v) is 4.88. The molecule has 0 saturated carbocycles. The van der Waals surface area contributed by atoms with Gasteiger partial charge in [-0.25, -0.2) is 4.98 Å². The van der Waals surface area contributed by atoms with Gasteiger partial charge in [0.1, 0.15) is 17.7 Å². The summed E-state index contributed by atoms with van der Waals surface area (Å²) in [6.45, 7) is 1.92. The van der Waals surface area contributed by atoms with Crippen LogP contribution in [0, 0.1) is 5.92 Å². The Balaban J connectivity index is 1.92. The maximum Gasteiger partial charge on any atom is 0.394 e. The van der Waals surface area contributed by atoms with E-state index < -0.39 is 18.8 Å². The van der Waals surface area contributed by atoms with Gasteiger partial charge in [0.2, 0.25) is 0 Å². The van der Waals surface area contributed by atoms with E-state index in [4.69, 9.17) is 0 Å². The van der Waals surface area contributed by atoms with Crippen LogP contribution >= 0.6 is 0 Å². The molecule has 29 heavy (non-hydrogen) atoms. The van der Waals surface area contributed by atoms with E-state index in [1.807, 2.05) is 7.05 Å². The van der Waals surface area contributed by atoms with Gasteiger partial charge in [-0.05, 0) is 42.9 Å². The Morgan fingerprint density at radius 2 is 1.97 bits per heavy atom. The number of pyridine rings is 1. The standard InChI is InChI=1S/C20H26F2N4O3/c1-20(21,22)29-14-5-3-13(4-6-14)26-19-17(18(23-2)12-9-24-10-12)15(7-8-25-19)16(28)11-27/h3-8,12,16,18,23-24,27-28H,9-11H2,1-2H3,(H,25,26). The molecule has 2 atom stereocenters. The van der Waals surface area contributed by atoms with Crippen molar-refractivity contribution in [1.82, 2.24) is 15.6 Å². The summed E-state index contributed by atoms with van der Waals surface area (Å²) in [5.74, 6) is 0.877. The average molecular weight is 408 g/mol. The quantitative estimate of drug-likeness (QED) is 0.434. The van der Waals surface area contributed by atoms with E-state index in [2.05, 4.69) is 25.7 Å². The van der Waals surface area contributed by atoms with Gasteiger partial charge in [-0.15, -0.1) is 0 Å². The number of aromatic nitrogens is 1. The van der Waals surface area contributed by atoms with E-state index >= 15 is 0 Å². The lowest BCUT2D eigenvalue weighted by molar-refractivity contribution is -0.158. The second kappa shape index (κ2) is 9.00. The molecule has 158 valence electrons. The van der Waals surface area contributed by atoms with Gasteiger partial charge in [-0.2, -0.15) is 8.78 Å². The largest absolute Gasteiger partial charge is 0.433 e. The van der Waals surface area contributed by atoms with Crippen LogP contribution < -0.4 is 20.7 Å². The second-order valence-electron chi connectivity index (χ2n) is 7.10. The van der Waals surface area contributed by atoms with Crippen LogP contribution in [0.5, 0.6) is 5.75 Å². The Morgan fingerprint density at radius 1 is 1.28 bits per heavy atom. The molecule has 0 aliphatic carbocycles. The van der Waals surface area contributed by atoms with Gasteiger partial charge in [0, 0.05) is 49.4 Å². The Bertz CT molecular complexity index is 810. The number of halogens is 2. The monoisotopic (exact) mass is 408 g/mol. The lowest BCUT2D eigenvalue weighted by Gasteiger charge is -2.36. The van der Waals surface area contributed by atoms with Crippen molar-refractivity contribution in [3.05, 3.63) is 47.7 Å². The van der Waals surface area contributed by atoms with Crippen LogP contribution in [-0.4, -0.2) is 48.0 Å². The first-order chi connectivity index (χ1) is 13.8. The van der Waals surface area contributed by atoms with Crippen LogP contribution in [0.2, 0.25) is 0 Å². The molecule has 9 heteroatoms. The average Bonchev–Trinajstić information content (AvgIpc) is 2.64. The minimum absolute atomic E-state index is 0.0503. The molecule has 0 amide bonds. The van der Waals surface area contributed by atoms with Gasteiger partial charge in [0.25, 0.3) is 0 Å². The summed E-state index contributed by atoms with van der Waals surface area (Å²) in [5, 5.41) is 29.5. The molecule has 2 unspecified atom stereocenters. The maximum atomic E-state index is 13.0. The van der Waals surface area contributed by atoms with Crippen molar-refractivity contribution in [1.29, 1.82) is 0 Å². The topological polar surface area (TPSA) is 98.7 Å². The fourth-order valence-corrected chi connectivity index (χ4v) is 3.42. The number of hydrogen-bond acceptors (Lipinski definition) is 7. The van der Waals surface area contributed by atoms with E-state index in [0.717, 1.165) is 18.7 Å². The third kappa shape index (κ3) is 5.18. The van der Waals surface area contributed by atoms with Gasteiger partial charge < -0.3 is 30.9 Å².